The lowest BCUT2D eigenvalue weighted by Gasteiger charge is -2.19. The molecule has 1 N–H and O–H groups in total. The van der Waals surface area contributed by atoms with Gasteiger partial charge in [0, 0.05) is 6.54 Å². The van der Waals surface area contributed by atoms with Crippen LogP contribution in [0.1, 0.15) is 48.4 Å². The van der Waals surface area contributed by atoms with Gasteiger partial charge < -0.3 is 10.1 Å². The summed E-state index contributed by atoms with van der Waals surface area (Å²) in [5.41, 5.74) is 5.38. The van der Waals surface area contributed by atoms with Gasteiger partial charge in [0.25, 0.3) is 5.91 Å². The number of carbonyl (C=O) groups is 1. The van der Waals surface area contributed by atoms with Gasteiger partial charge in [-0.1, -0.05) is 35.9 Å². The molecular formula is C23H29NO2. The summed E-state index contributed by atoms with van der Waals surface area (Å²) < 4.78 is 5.86. The number of ether oxygens (including phenoxy) is 1. The van der Waals surface area contributed by atoms with Crippen LogP contribution in [0, 0.1) is 6.92 Å². The van der Waals surface area contributed by atoms with Crippen LogP contribution in [0.4, 0.5) is 0 Å². The SMILES string of the molecule is Cc1ccc(CCCNC(=O)[C@@H](C)Oc2ccc3c(c2)CCCC3)cc1. The summed E-state index contributed by atoms with van der Waals surface area (Å²) in [6.07, 6.45) is 6.22. The third-order valence-corrected chi connectivity index (χ3v) is 5.06. The Labute approximate surface area is 156 Å². The lowest BCUT2D eigenvalue weighted by atomic mass is 9.92. The molecule has 0 radical (unpaired) electrons. The standard InChI is InChI=1S/C23H29NO2/c1-17-9-11-19(12-10-17)6-5-15-24-23(25)18(2)26-22-14-13-20-7-3-4-8-21(20)16-22/h9-14,16,18H,3-8,15H2,1-2H3,(H,24,25)/t18-/m1/s1. The fourth-order valence-electron chi connectivity index (χ4n) is 3.44. The largest absolute Gasteiger partial charge is 0.481 e. The van der Waals surface area contributed by atoms with E-state index in [2.05, 4.69) is 48.6 Å². The number of aryl methyl sites for hydroxylation is 4. The molecule has 138 valence electrons. The van der Waals surface area contributed by atoms with Gasteiger partial charge in [0.15, 0.2) is 6.10 Å². The van der Waals surface area contributed by atoms with Gasteiger partial charge in [-0.15, -0.1) is 0 Å². The molecule has 0 aromatic heterocycles. The highest BCUT2D eigenvalue weighted by Crippen LogP contribution is 2.25. The van der Waals surface area contributed by atoms with E-state index in [0.717, 1.165) is 31.4 Å². The number of rotatable bonds is 7. The van der Waals surface area contributed by atoms with Gasteiger partial charge in [-0.3, -0.25) is 4.79 Å². The molecule has 1 amide bonds. The van der Waals surface area contributed by atoms with Crippen LogP contribution in [0.25, 0.3) is 0 Å². The summed E-state index contributed by atoms with van der Waals surface area (Å²) in [4.78, 5) is 12.3. The van der Waals surface area contributed by atoms with Crippen molar-refractivity contribution in [1.29, 1.82) is 0 Å². The zero-order valence-corrected chi connectivity index (χ0v) is 15.9. The van der Waals surface area contributed by atoms with Crippen molar-refractivity contribution in [1.82, 2.24) is 5.32 Å². The van der Waals surface area contributed by atoms with E-state index >= 15 is 0 Å². The van der Waals surface area contributed by atoms with Gasteiger partial charge in [0.05, 0.1) is 0 Å². The molecular weight excluding hydrogens is 322 g/mol. The van der Waals surface area contributed by atoms with E-state index in [9.17, 15) is 4.79 Å². The number of carbonyl (C=O) groups excluding carboxylic acids is 1. The average molecular weight is 351 g/mol. The number of hydrogen-bond acceptors (Lipinski definition) is 2. The van der Waals surface area contributed by atoms with Crippen LogP contribution in [0.2, 0.25) is 0 Å². The maximum Gasteiger partial charge on any atom is 0.260 e. The molecule has 3 heteroatoms. The first-order valence-electron chi connectivity index (χ1n) is 9.73. The third kappa shape index (κ3) is 5.10. The second-order valence-electron chi connectivity index (χ2n) is 7.28. The smallest absolute Gasteiger partial charge is 0.260 e. The van der Waals surface area contributed by atoms with Gasteiger partial charge in [0.2, 0.25) is 0 Å². The zero-order valence-electron chi connectivity index (χ0n) is 15.9. The summed E-state index contributed by atoms with van der Waals surface area (Å²) in [6, 6.07) is 14.8. The molecule has 0 heterocycles. The van der Waals surface area contributed by atoms with E-state index in [1.807, 2.05) is 13.0 Å². The van der Waals surface area contributed by atoms with Crippen molar-refractivity contribution in [2.24, 2.45) is 0 Å². The van der Waals surface area contributed by atoms with E-state index in [1.165, 1.54) is 35.1 Å². The summed E-state index contributed by atoms with van der Waals surface area (Å²) in [5, 5.41) is 2.98. The Hall–Kier alpha value is -2.29. The van der Waals surface area contributed by atoms with Crippen LogP contribution >= 0.6 is 0 Å². The Kier molecular flexibility index (Phi) is 6.32. The summed E-state index contributed by atoms with van der Waals surface area (Å²) >= 11 is 0. The van der Waals surface area contributed by atoms with Gasteiger partial charge in [-0.2, -0.15) is 0 Å². The molecule has 2 aromatic carbocycles. The Morgan fingerprint density at radius 3 is 2.58 bits per heavy atom. The van der Waals surface area contributed by atoms with Crippen LogP contribution in [0.3, 0.4) is 0 Å². The van der Waals surface area contributed by atoms with Crippen molar-refractivity contribution in [2.75, 3.05) is 6.54 Å². The highest BCUT2D eigenvalue weighted by atomic mass is 16.5. The molecule has 0 unspecified atom stereocenters. The lowest BCUT2D eigenvalue weighted by Crippen LogP contribution is -2.37. The minimum absolute atomic E-state index is 0.0494. The summed E-state index contributed by atoms with van der Waals surface area (Å²) in [7, 11) is 0. The zero-order chi connectivity index (χ0) is 18.4. The van der Waals surface area contributed by atoms with Crippen molar-refractivity contribution in [3.05, 3.63) is 64.7 Å². The van der Waals surface area contributed by atoms with Gasteiger partial charge >= 0.3 is 0 Å². The summed E-state index contributed by atoms with van der Waals surface area (Å²) in [5.74, 6) is 0.750. The van der Waals surface area contributed by atoms with Gasteiger partial charge in [0.1, 0.15) is 5.75 Å². The molecule has 0 saturated carbocycles. The van der Waals surface area contributed by atoms with Crippen molar-refractivity contribution < 1.29 is 9.53 Å². The molecule has 2 aromatic rings. The van der Waals surface area contributed by atoms with Crippen molar-refractivity contribution in [3.63, 3.8) is 0 Å². The quantitative estimate of drug-likeness (QED) is 0.751. The molecule has 3 nitrogen and oxygen atoms in total. The molecule has 0 spiro atoms. The molecule has 0 saturated heterocycles. The van der Waals surface area contributed by atoms with E-state index < -0.39 is 6.10 Å². The highest BCUT2D eigenvalue weighted by Gasteiger charge is 2.16. The first kappa shape index (κ1) is 18.5. The van der Waals surface area contributed by atoms with E-state index in [1.54, 1.807) is 0 Å². The monoisotopic (exact) mass is 351 g/mol. The van der Waals surface area contributed by atoms with E-state index in [-0.39, 0.29) is 5.91 Å². The fourth-order valence-corrected chi connectivity index (χ4v) is 3.44. The number of hydrogen-bond donors (Lipinski definition) is 1. The first-order valence-corrected chi connectivity index (χ1v) is 9.73. The molecule has 26 heavy (non-hydrogen) atoms. The Bertz CT molecular complexity index is 736. The minimum Gasteiger partial charge on any atom is -0.481 e. The second kappa shape index (κ2) is 8.88. The van der Waals surface area contributed by atoms with E-state index in [0.29, 0.717) is 6.54 Å². The highest BCUT2D eigenvalue weighted by molar-refractivity contribution is 5.80. The number of benzene rings is 2. The average Bonchev–Trinajstić information content (AvgIpc) is 2.66. The van der Waals surface area contributed by atoms with Crippen LogP contribution in [0.5, 0.6) is 5.75 Å². The number of nitrogens with one attached hydrogen (secondary N) is 1. The van der Waals surface area contributed by atoms with E-state index in [4.69, 9.17) is 4.74 Å². The second-order valence-corrected chi connectivity index (χ2v) is 7.28. The van der Waals surface area contributed by atoms with Crippen molar-refractivity contribution in [2.45, 2.75) is 58.5 Å². The van der Waals surface area contributed by atoms with Crippen LogP contribution in [-0.2, 0) is 24.1 Å². The topological polar surface area (TPSA) is 38.3 Å². The Balaban J connectivity index is 1.42. The molecule has 3 rings (SSSR count). The Morgan fingerprint density at radius 1 is 1.08 bits per heavy atom. The molecule has 1 atom stereocenters. The minimum atomic E-state index is -0.476. The lowest BCUT2D eigenvalue weighted by molar-refractivity contribution is -0.127. The third-order valence-electron chi connectivity index (χ3n) is 5.06. The van der Waals surface area contributed by atoms with Crippen LogP contribution < -0.4 is 10.1 Å². The van der Waals surface area contributed by atoms with Crippen LogP contribution in [0.15, 0.2) is 42.5 Å². The molecule has 1 aliphatic carbocycles. The molecule has 0 aliphatic heterocycles. The maximum atomic E-state index is 12.3. The molecule has 0 fully saturated rings. The predicted octanol–water partition coefficient (Wildman–Crippen LogP) is 4.39. The van der Waals surface area contributed by atoms with Crippen molar-refractivity contribution >= 4 is 5.91 Å². The summed E-state index contributed by atoms with van der Waals surface area (Å²) in [6.45, 7) is 4.58. The predicted molar refractivity (Wildman–Crippen MR) is 106 cm³/mol. The maximum absolute atomic E-state index is 12.3. The van der Waals surface area contributed by atoms with Gasteiger partial charge in [-0.25, -0.2) is 0 Å². The molecule has 1 aliphatic rings. The number of amides is 1. The fraction of sp³-hybridized carbons (Fsp3) is 0.435. The van der Waals surface area contributed by atoms with Gasteiger partial charge in [-0.05, 0) is 81.2 Å². The molecule has 0 bridgehead atoms. The van der Waals surface area contributed by atoms with Crippen LogP contribution in [-0.4, -0.2) is 18.6 Å². The normalized spacial score (nSPS) is 14.4. The number of fused-ring (bicyclic) bond motifs is 1. The first-order chi connectivity index (χ1) is 12.6. The Morgan fingerprint density at radius 2 is 1.81 bits per heavy atom. The van der Waals surface area contributed by atoms with Crippen molar-refractivity contribution in [3.8, 4) is 5.75 Å².